The molecule has 6 nitrogen and oxygen atoms in total. The number of anilines is 1. The molecule has 20 heavy (non-hydrogen) atoms. The van der Waals surface area contributed by atoms with E-state index in [1.165, 1.54) is 0 Å². The van der Waals surface area contributed by atoms with Gasteiger partial charge in [-0.25, -0.2) is 9.67 Å². The van der Waals surface area contributed by atoms with Gasteiger partial charge in [-0.3, -0.25) is 4.79 Å². The van der Waals surface area contributed by atoms with Crippen LogP contribution in [-0.2, 0) is 4.79 Å². The Morgan fingerprint density at radius 2 is 2.15 bits per heavy atom. The average Bonchev–Trinajstić information content (AvgIpc) is 2.91. The first-order chi connectivity index (χ1) is 9.38. The minimum atomic E-state index is -0.576. The second kappa shape index (κ2) is 5.42. The first-order valence-electron chi connectivity index (χ1n) is 6.40. The molecule has 0 radical (unpaired) electrons. The monoisotopic (exact) mass is 273 g/mol. The molecule has 2 aromatic rings. The van der Waals surface area contributed by atoms with Gasteiger partial charge in [-0.1, -0.05) is 20.8 Å². The largest absolute Gasteiger partial charge is 0.323 e. The Hall–Kier alpha value is -2.21. The molecule has 0 saturated carbocycles. The zero-order chi connectivity index (χ0) is 14.8. The summed E-state index contributed by atoms with van der Waals surface area (Å²) in [7, 11) is 0. The van der Waals surface area contributed by atoms with Gasteiger partial charge < -0.3 is 11.1 Å². The minimum absolute atomic E-state index is 0.217. The fourth-order valence-electron chi connectivity index (χ4n) is 1.61. The molecule has 2 aromatic heterocycles. The van der Waals surface area contributed by atoms with Crippen molar-refractivity contribution in [2.45, 2.75) is 26.8 Å². The summed E-state index contributed by atoms with van der Waals surface area (Å²) < 4.78 is 1.65. The zero-order valence-electron chi connectivity index (χ0n) is 11.9. The van der Waals surface area contributed by atoms with Crippen LogP contribution in [0.1, 0.15) is 20.8 Å². The molecule has 2 rings (SSSR count). The van der Waals surface area contributed by atoms with Gasteiger partial charge in [0.1, 0.15) is 0 Å². The molecular formula is C14H19N5O. The van der Waals surface area contributed by atoms with Crippen LogP contribution >= 0.6 is 0 Å². The maximum absolute atomic E-state index is 12.0. The van der Waals surface area contributed by atoms with Gasteiger partial charge in [-0.2, -0.15) is 5.10 Å². The number of hydrogen-bond acceptors (Lipinski definition) is 4. The number of nitrogens with one attached hydrogen (secondary N) is 1. The maximum atomic E-state index is 12.0. The van der Waals surface area contributed by atoms with Crippen LogP contribution < -0.4 is 11.1 Å². The topological polar surface area (TPSA) is 85.8 Å². The number of hydrogen-bond donors (Lipinski definition) is 2. The van der Waals surface area contributed by atoms with Crippen molar-refractivity contribution in [3.8, 4) is 5.82 Å². The molecule has 6 heteroatoms. The number of carbonyl (C=O) groups is 1. The Labute approximate surface area is 118 Å². The lowest BCUT2D eigenvalue weighted by Gasteiger charge is -2.25. The molecule has 106 valence electrons. The van der Waals surface area contributed by atoms with Crippen LogP contribution in [0.5, 0.6) is 0 Å². The first kappa shape index (κ1) is 14.2. The lowest BCUT2D eigenvalue weighted by atomic mass is 9.87. The van der Waals surface area contributed by atoms with Crippen molar-refractivity contribution in [3.05, 3.63) is 36.8 Å². The number of nitrogens with zero attached hydrogens (tertiary/aromatic N) is 3. The number of rotatable bonds is 3. The van der Waals surface area contributed by atoms with Gasteiger partial charge in [0, 0.05) is 12.4 Å². The van der Waals surface area contributed by atoms with Crippen molar-refractivity contribution >= 4 is 11.6 Å². The third-order valence-electron chi connectivity index (χ3n) is 2.97. The molecule has 0 saturated heterocycles. The average molecular weight is 273 g/mol. The van der Waals surface area contributed by atoms with Gasteiger partial charge in [-0.15, -0.1) is 0 Å². The van der Waals surface area contributed by atoms with Crippen molar-refractivity contribution in [2.75, 3.05) is 5.32 Å². The van der Waals surface area contributed by atoms with Crippen molar-refractivity contribution in [1.82, 2.24) is 14.8 Å². The van der Waals surface area contributed by atoms with E-state index in [1.807, 2.05) is 26.8 Å². The molecule has 0 bridgehead atoms. The fraction of sp³-hybridized carbons (Fsp3) is 0.357. The van der Waals surface area contributed by atoms with E-state index in [0.717, 1.165) is 0 Å². The van der Waals surface area contributed by atoms with Crippen LogP contribution in [0.3, 0.4) is 0 Å². The van der Waals surface area contributed by atoms with E-state index in [0.29, 0.717) is 11.5 Å². The molecule has 0 aliphatic carbocycles. The Morgan fingerprint density at radius 1 is 1.40 bits per heavy atom. The smallest absolute Gasteiger partial charge is 0.241 e. The van der Waals surface area contributed by atoms with E-state index >= 15 is 0 Å². The van der Waals surface area contributed by atoms with Gasteiger partial charge >= 0.3 is 0 Å². The number of aromatic nitrogens is 3. The standard InChI is InChI=1S/C14H19N5O/c1-14(2,3)12(15)13(20)18-10-5-6-11(16-9-10)19-8-4-7-17-19/h4-9,12H,15H2,1-3H3,(H,18,20). The third kappa shape index (κ3) is 3.21. The van der Waals surface area contributed by atoms with Crippen LogP contribution in [0.15, 0.2) is 36.8 Å². The van der Waals surface area contributed by atoms with E-state index in [-0.39, 0.29) is 11.3 Å². The van der Waals surface area contributed by atoms with Crippen LogP contribution in [0, 0.1) is 5.41 Å². The molecule has 1 unspecified atom stereocenters. The Bertz CT molecular complexity index is 569. The van der Waals surface area contributed by atoms with Gasteiger partial charge in [0.15, 0.2) is 5.82 Å². The van der Waals surface area contributed by atoms with Gasteiger partial charge in [0.2, 0.25) is 5.91 Å². The molecule has 0 fully saturated rings. The molecule has 0 aliphatic rings. The lowest BCUT2D eigenvalue weighted by molar-refractivity contribution is -0.119. The van der Waals surface area contributed by atoms with Crippen molar-refractivity contribution in [1.29, 1.82) is 0 Å². The maximum Gasteiger partial charge on any atom is 0.241 e. The molecule has 2 heterocycles. The predicted octanol–water partition coefficient (Wildman–Crippen LogP) is 1.58. The highest BCUT2D eigenvalue weighted by molar-refractivity contribution is 5.95. The summed E-state index contributed by atoms with van der Waals surface area (Å²) in [5, 5.41) is 6.85. The summed E-state index contributed by atoms with van der Waals surface area (Å²) in [6.45, 7) is 5.78. The van der Waals surface area contributed by atoms with Crippen LogP contribution in [0.2, 0.25) is 0 Å². The molecule has 3 N–H and O–H groups in total. The second-order valence-electron chi connectivity index (χ2n) is 5.69. The van der Waals surface area contributed by atoms with Gasteiger partial charge in [0.25, 0.3) is 0 Å². The Kier molecular flexibility index (Phi) is 3.85. The normalized spacial score (nSPS) is 13.0. The highest BCUT2D eigenvalue weighted by Crippen LogP contribution is 2.19. The van der Waals surface area contributed by atoms with Crippen molar-refractivity contribution < 1.29 is 4.79 Å². The lowest BCUT2D eigenvalue weighted by Crippen LogP contribution is -2.45. The van der Waals surface area contributed by atoms with E-state index in [4.69, 9.17) is 5.73 Å². The van der Waals surface area contributed by atoms with E-state index in [9.17, 15) is 4.79 Å². The summed E-state index contributed by atoms with van der Waals surface area (Å²) in [6, 6.07) is 4.80. The van der Waals surface area contributed by atoms with Crippen LogP contribution in [0.25, 0.3) is 5.82 Å². The van der Waals surface area contributed by atoms with Gasteiger partial charge in [-0.05, 0) is 23.6 Å². The highest BCUT2D eigenvalue weighted by Gasteiger charge is 2.27. The SMILES string of the molecule is CC(C)(C)C(N)C(=O)Nc1ccc(-n2cccn2)nc1. The number of nitrogens with two attached hydrogens (primary N) is 1. The first-order valence-corrected chi connectivity index (χ1v) is 6.40. The molecule has 1 amide bonds. The second-order valence-corrected chi connectivity index (χ2v) is 5.69. The highest BCUT2D eigenvalue weighted by atomic mass is 16.2. The summed E-state index contributed by atoms with van der Waals surface area (Å²) in [6.07, 6.45) is 5.07. The van der Waals surface area contributed by atoms with E-state index in [2.05, 4.69) is 15.4 Å². The zero-order valence-corrected chi connectivity index (χ0v) is 11.9. The minimum Gasteiger partial charge on any atom is -0.323 e. The summed E-state index contributed by atoms with van der Waals surface area (Å²) >= 11 is 0. The number of carbonyl (C=O) groups excluding carboxylic acids is 1. The van der Waals surface area contributed by atoms with Crippen LogP contribution in [-0.4, -0.2) is 26.7 Å². The summed E-state index contributed by atoms with van der Waals surface area (Å²) in [5.74, 6) is 0.472. The predicted molar refractivity (Wildman–Crippen MR) is 77.4 cm³/mol. The fourth-order valence-corrected chi connectivity index (χ4v) is 1.61. The number of amides is 1. The molecular weight excluding hydrogens is 254 g/mol. The molecule has 1 atom stereocenters. The quantitative estimate of drug-likeness (QED) is 0.889. The van der Waals surface area contributed by atoms with E-state index < -0.39 is 6.04 Å². The Balaban J connectivity index is 2.06. The molecule has 0 aromatic carbocycles. The number of pyridine rings is 1. The summed E-state index contributed by atoms with van der Waals surface area (Å²) in [4.78, 5) is 16.2. The molecule has 0 aliphatic heterocycles. The molecule has 0 spiro atoms. The van der Waals surface area contributed by atoms with E-state index in [1.54, 1.807) is 35.4 Å². The van der Waals surface area contributed by atoms with Crippen molar-refractivity contribution in [2.24, 2.45) is 11.1 Å². The van der Waals surface area contributed by atoms with Crippen molar-refractivity contribution in [3.63, 3.8) is 0 Å². The Morgan fingerprint density at radius 3 is 2.65 bits per heavy atom. The summed E-state index contributed by atoms with van der Waals surface area (Å²) in [5.41, 5.74) is 6.23. The third-order valence-corrected chi connectivity index (χ3v) is 2.97. The van der Waals surface area contributed by atoms with Gasteiger partial charge in [0.05, 0.1) is 17.9 Å². The van der Waals surface area contributed by atoms with Crippen LogP contribution in [0.4, 0.5) is 5.69 Å².